The lowest BCUT2D eigenvalue weighted by molar-refractivity contribution is -0.119. The Bertz CT molecular complexity index is 1040. The van der Waals surface area contributed by atoms with E-state index in [1.165, 1.54) is 0 Å². The highest BCUT2D eigenvalue weighted by molar-refractivity contribution is 14.1. The van der Waals surface area contributed by atoms with Gasteiger partial charge in [-0.3, -0.25) is 4.79 Å². The van der Waals surface area contributed by atoms with Crippen molar-refractivity contribution < 1.29 is 14.3 Å². The number of para-hydroxylation sites is 1. The van der Waals surface area contributed by atoms with Crippen LogP contribution in [0.25, 0.3) is 0 Å². The number of ether oxygens (including phenoxy) is 2. The number of anilines is 1. The van der Waals surface area contributed by atoms with Gasteiger partial charge in [0.25, 0.3) is 0 Å². The van der Waals surface area contributed by atoms with Crippen LogP contribution in [0.1, 0.15) is 18.5 Å². The number of hydrogen-bond acceptors (Lipinski definition) is 5. The van der Waals surface area contributed by atoms with E-state index in [0.29, 0.717) is 34.6 Å². The number of halogens is 1. The first-order valence-corrected chi connectivity index (χ1v) is 11.0. The van der Waals surface area contributed by atoms with Crippen molar-refractivity contribution in [3.63, 3.8) is 0 Å². The molecule has 7 nitrogen and oxygen atoms in total. The number of amides is 1. The lowest BCUT2D eigenvalue weighted by atomic mass is 9.88. The maximum atomic E-state index is 13.2. The van der Waals surface area contributed by atoms with Gasteiger partial charge in [0.15, 0.2) is 23.2 Å². The van der Waals surface area contributed by atoms with E-state index in [-0.39, 0.29) is 12.5 Å². The molecule has 0 radical (unpaired) electrons. The van der Waals surface area contributed by atoms with Gasteiger partial charge in [-0.15, -0.1) is 0 Å². The molecule has 2 aromatic carbocycles. The second-order valence-electron chi connectivity index (χ2n) is 6.64. The molecule has 1 heterocycles. The number of thiocarbonyl (C=S) groups is 1. The third-order valence-corrected chi connectivity index (χ3v) is 5.59. The summed E-state index contributed by atoms with van der Waals surface area (Å²) in [6, 6.07) is 14.4. The van der Waals surface area contributed by atoms with Crippen LogP contribution in [0.5, 0.6) is 11.5 Å². The maximum absolute atomic E-state index is 13.2. The number of carbonyl (C=O) groups is 1. The average Bonchev–Trinajstić information content (AvgIpc) is 2.73. The number of rotatable bonds is 7. The van der Waals surface area contributed by atoms with Crippen LogP contribution in [0.2, 0.25) is 0 Å². The Morgan fingerprint density at radius 3 is 2.74 bits per heavy atom. The van der Waals surface area contributed by atoms with Gasteiger partial charge in [0.2, 0.25) is 5.91 Å². The standard InChI is InChI=1S/C22H21IN4O3S/c1-3-29-17-12-14(11-16(23)20(17)30-10-9-24)19-18(13(2)25-22(31)27-19)21(28)26-15-7-5-4-6-8-15/h4-8,11-12,18-19H,2-3,10H2,1H3,(H,26,28)(H2,25,27,31). The topological polar surface area (TPSA) is 95.4 Å². The summed E-state index contributed by atoms with van der Waals surface area (Å²) in [6.07, 6.45) is 0. The molecule has 31 heavy (non-hydrogen) atoms. The highest BCUT2D eigenvalue weighted by Gasteiger charge is 2.37. The normalized spacial score (nSPS) is 17.7. The Hall–Kier alpha value is -2.84. The lowest BCUT2D eigenvalue weighted by Gasteiger charge is -2.35. The summed E-state index contributed by atoms with van der Waals surface area (Å²) in [5, 5.41) is 18.3. The van der Waals surface area contributed by atoms with E-state index in [2.05, 4.69) is 45.1 Å². The van der Waals surface area contributed by atoms with Gasteiger partial charge >= 0.3 is 0 Å². The Morgan fingerprint density at radius 1 is 1.32 bits per heavy atom. The molecule has 3 rings (SSSR count). The highest BCUT2D eigenvalue weighted by Crippen LogP contribution is 2.39. The lowest BCUT2D eigenvalue weighted by Crippen LogP contribution is -2.51. The molecule has 1 amide bonds. The van der Waals surface area contributed by atoms with E-state index in [1.807, 2.05) is 49.4 Å². The van der Waals surface area contributed by atoms with Gasteiger partial charge in [0.1, 0.15) is 12.0 Å². The number of hydrogen-bond donors (Lipinski definition) is 3. The maximum Gasteiger partial charge on any atom is 0.235 e. The van der Waals surface area contributed by atoms with Crippen LogP contribution in [-0.2, 0) is 4.79 Å². The van der Waals surface area contributed by atoms with Gasteiger partial charge in [-0.05, 0) is 71.6 Å². The fraction of sp³-hybridized carbons (Fsp3) is 0.227. The quantitative estimate of drug-likeness (QED) is 0.357. The predicted molar refractivity (Wildman–Crippen MR) is 131 cm³/mol. The van der Waals surface area contributed by atoms with Gasteiger partial charge in [-0.2, -0.15) is 5.26 Å². The molecule has 0 bridgehead atoms. The minimum absolute atomic E-state index is 0.0932. The number of nitrogens with one attached hydrogen (secondary N) is 3. The van der Waals surface area contributed by atoms with Crippen molar-refractivity contribution in [1.82, 2.24) is 10.6 Å². The van der Waals surface area contributed by atoms with Crippen LogP contribution in [0.3, 0.4) is 0 Å². The SMILES string of the molecule is C=C1NC(=S)NC(c2cc(I)c(OCC#N)c(OCC)c2)C1C(=O)Nc1ccccc1. The van der Waals surface area contributed by atoms with E-state index < -0.39 is 12.0 Å². The van der Waals surface area contributed by atoms with E-state index in [9.17, 15) is 4.79 Å². The number of benzene rings is 2. The molecule has 0 saturated carbocycles. The summed E-state index contributed by atoms with van der Waals surface area (Å²) in [5.74, 6) is 0.136. The van der Waals surface area contributed by atoms with Crippen LogP contribution in [-0.4, -0.2) is 24.2 Å². The van der Waals surface area contributed by atoms with Crippen molar-refractivity contribution in [2.75, 3.05) is 18.5 Å². The summed E-state index contributed by atoms with van der Waals surface area (Å²) in [6.45, 7) is 6.22. The third-order valence-electron chi connectivity index (χ3n) is 4.57. The summed E-state index contributed by atoms with van der Waals surface area (Å²) >= 11 is 7.45. The fourth-order valence-corrected chi connectivity index (χ4v) is 4.33. The first-order chi connectivity index (χ1) is 14.9. The minimum atomic E-state index is -0.636. The Labute approximate surface area is 199 Å². The second kappa shape index (κ2) is 10.5. The first kappa shape index (κ1) is 22.8. The van der Waals surface area contributed by atoms with Gasteiger partial charge < -0.3 is 25.4 Å². The zero-order valence-corrected chi connectivity index (χ0v) is 19.7. The molecule has 0 aliphatic carbocycles. The average molecular weight is 548 g/mol. The van der Waals surface area contributed by atoms with Gasteiger partial charge in [0, 0.05) is 11.4 Å². The summed E-state index contributed by atoms with van der Waals surface area (Å²) in [5.41, 5.74) is 1.98. The van der Waals surface area contributed by atoms with Crippen molar-refractivity contribution in [2.45, 2.75) is 13.0 Å². The molecule has 2 atom stereocenters. The van der Waals surface area contributed by atoms with Crippen LogP contribution < -0.4 is 25.4 Å². The van der Waals surface area contributed by atoms with E-state index >= 15 is 0 Å². The van der Waals surface area contributed by atoms with E-state index in [1.54, 1.807) is 6.07 Å². The molecule has 0 spiro atoms. The molecule has 0 aromatic heterocycles. The summed E-state index contributed by atoms with van der Waals surface area (Å²) < 4.78 is 12.1. The smallest absolute Gasteiger partial charge is 0.235 e. The first-order valence-electron chi connectivity index (χ1n) is 9.52. The summed E-state index contributed by atoms with van der Waals surface area (Å²) in [7, 11) is 0. The molecule has 2 unspecified atom stereocenters. The zero-order chi connectivity index (χ0) is 22.4. The monoisotopic (exact) mass is 548 g/mol. The second-order valence-corrected chi connectivity index (χ2v) is 8.21. The molecule has 3 N–H and O–H groups in total. The third kappa shape index (κ3) is 5.45. The highest BCUT2D eigenvalue weighted by atomic mass is 127. The van der Waals surface area contributed by atoms with Crippen LogP contribution in [0, 0.1) is 20.8 Å². The van der Waals surface area contributed by atoms with E-state index in [4.69, 9.17) is 27.0 Å². The van der Waals surface area contributed by atoms with Crippen LogP contribution >= 0.6 is 34.8 Å². The van der Waals surface area contributed by atoms with E-state index in [0.717, 1.165) is 9.13 Å². The molecule has 1 fully saturated rings. The molecule has 1 aliphatic rings. The van der Waals surface area contributed by atoms with Crippen molar-refractivity contribution >= 4 is 51.5 Å². The van der Waals surface area contributed by atoms with Gasteiger partial charge in [0.05, 0.1) is 16.2 Å². The molecular formula is C22H21IN4O3S. The largest absolute Gasteiger partial charge is 0.490 e. The van der Waals surface area contributed by atoms with Crippen molar-refractivity contribution in [3.8, 4) is 17.6 Å². The van der Waals surface area contributed by atoms with Crippen molar-refractivity contribution in [1.29, 1.82) is 5.26 Å². The Morgan fingerprint density at radius 2 is 2.06 bits per heavy atom. The number of nitriles is 1. The number of nitrogens with zero attached hydrogens (tertiary/aromatic N) is 1. The molecule has 1 aliphatic heterocycles. The molecule has 2 aromatic rings. The molecule has 9 heteroatoms. The van der Waals surface area contributed by atoms with Crippen molar-refractivity contribution in [3.05, 3.63) is 63.9 Å². The molecular weight excluding hydrogens is 527 g/mol. The number of carbonyl (C=O) groups excluding carboxylic acids is 1. The van der Waals surface area contributed by atoms with Gasteiger partial charge in [-0.25, -0.2) is 0 Å². The zero-order valence-electron chi connectivity index (χ0n) is 16.8. The minimum Gasteiger partial charge on any atom is -0.490 e. The van der Waals surface area contributed by atoms with Gasteiger partial charge in [-0.1, -0.05) is 24.8 Å². The van der Waals surface area contributed by atoms with Crippen molar-refractivity contribution in [2.24, 2.45) is 5.92 Å². The summed E-state index contributed by atoms with van der Waals surface area (Å²) in [4.78, 5) is 13.2. The Kier molecular flexibility index (Phi) is 7.70. The van der Waals surface area contributed by atoms with Crippen LogP contribution in [0.4, 0.5) is 5.69 Å². The van der Waals surface area contributed by atoms with Crippen LogP contribution in [0.15, 0.2) is 54.7 Å². The Balaban J connectivity index is 1.98. The predicted octanol–water partition coefficient (Wildman–Crippen LogP) is 3.88. The molecule has 160 valence electrons. The molecule has 1 saturated heterocycles. The fourth-order valence-electron chi connectivity index (χ4n) is 3.29.